The van der Waals surface area contributed by atoms with Gasteiger partial charge in [-0.2, -0.15) is 0 Å². The molecule has 0 fully saturated rings. The summed E-state index contributed by atoms with van der Waals surface area (Å²) in [6, 6.07) is 12.9. The smallest absolute Gasteiger partial charge is 0.257 e. The lowest BCUT2D eigenvalue weighted by atomic mass is 9.91. The normalized spacial score (nSPS) is 12.4. The van der Waals surface area contributed by atoms with Crippen molar-refractivity contribution < 1.29 is 15.0 Å². The highest BCUT2D eigenvalue weighted by atomic mass is 16.3. The maximum atomic E-state index is 12.3. The summed E-state index contributed by atoms with van der Waals surface area (Å²) in [7, 11) is 3.11. The standard InChI is InChI=1S/C23H25N3O5/c1-23(2,31)21(13-9-6-5-7-10-13)25-17-16(19(28)20(17)29)24-15-12-8-11-14(18(15)27)22(30)26(3)4/h5-12,21,24-25,27,31H,1-4H3/t21-/m1/s1. The third-order valence-corrected chi connectivity index (χ3v) is 4.97. The van der Waals surface area contributed by atoms with E-state index in [2.05, 4.69) is 10.6 Å². The molecule has 8 heteroatoms. The molecule has 3 rings (SSSR count). The number of rotatable bonds is 7. The van der Waals surface area contributed by atoms with Crippen LogP contribution in [0.3, 0.4) is 0 Å². The zero-order valence-corrected chi connectivity index (χ0v) is 17.8. The second kappa shape index (κ2) is 8.23. The van der Waals surface area contributed by atoms with Crippen LogP contribution in [0.15, 0.2) is 58.1 Å². The van der Waals surface area contributed by atoms with Gasteiger partial charge >= 0.3 is 0 Å². The van der Waals surface area contributed by atoms with E-state index in [0.717, 1.165) is 5.56 Å². The SMILES string of the molecule is CN(C)C(=O)c1cccc(Nc2c(N[C@H](c3ccccc3)C(C)(C)O)c(=O)c2=O)c1O. The first-order valence-electron chi connectivity index (χ1n) is 9.70. The number of para-hydroxylation sites is 1. The monoisotopic (exact) mass is 423 g/mol. The third-order valence-electron chi connectivity index (χ3n) is 4.97. The van der Waals surface area contributed by atoms with Crippen LogP contribution in [0.25, 0.3) is 0 Å². The second-order valence-electron chi connectivity index (χ2n) is 8.08. The highest BCUT2D eigenvalue weighted by molar-refractivity contribution is 5.99. The zero-order valence-electron chi connectivity index (χ0n) is 17.8. The highest BCUT2D eigenvalue weighted by Gasteiger charge is 2.32. The van der Waals surface area contributed by atoms with E-state index in [-0.39, 0.29) is 28.4 Å². The van der Waals surface area contributed by atoms with Gasteiger partial charge in [-0.1, -0.05) is 36.4 Å². The van der Waals surface area contributed by atoms with Crippen LogP contribution in [0.1, 0.15) is 35.8 Å². The van der Waals surface area contributed by atoms with E-state index >= 15 is 0 Å². The molecule has 0 spiro atoms. The predicted molar refractivity (Wildman–Crippen MR) is 120 cm³/mol. The van der Waals surface area contributed by atoms with Gasteiger partial charge < -0.3 is 25.7 Å². The van der Waals surface area contributed by atoms with Crippen molar-refractivity contribution in [1.29, 1.82) is 0 Å². The number of aromatic hydroxyl groups is 1. The lowest BCUT2D eigenvalue weighted by molar-refractivity contribution is 0.0588. The summed E-state index contributed by atoms with van der Waals surface area (Å²) >= 11 is 0. The molecule has 0 radical (unpaired) electrons. The molecule has 1 amide bonds. The van der Waals surface area contributed by atoms with Crippen LogP contribution in [0.5, 0.6) is 5.75 Å². The number of hydrogen-bond donors (Lipinski definition) is 4. The second-order valence-corrected chi connectivity index (χ2v) is 8.08. The van der Waals surface area contributed by atoms with Gasteiger partial charge in [0.2, 0.25) is 0 Å². The molecule has 0 aromatic heterocycles. The van der Waals surface area contributed by atoms with Crippen molar-refractivity contribution >= 4 is 23.0 Å². The lowest BCUT2D eigenvalue weighted by Gasteiger charge is -2.32. The van der Waals surface area contributed by atoms with Gasteiger partial charge in [-0.15, -0.1) is 0 Å². The van der Waals surface area contributed by atoms with Crippen LogP contribution in [-0.4, -0.2) is 40.7 Å². The Labute approximate surface area is 179 Å². The first-order chi connectivity index (χ1) is 14.5. The Morgan fingerprint density at radius 1 is 0.968 bits per heavy atom. The number of carbonyl (C=O) groups is 1. The molecule has 31 heavy (non-hydrogen) atoms. The highest BCUT2D eigenvalue weighted by Crippen LogP contribution is 2.35. The van der Waals surface area contributed by atoms with Crippen LogP contribution >= 0.6 is 0 Å². The molecule has 0 aliphatic heterocycles. The van der Waals surface area contributed by atoms with Crippen molar-refractivity contribution in [2.75, 3.05) is 24.7 Å². The number of benzene rings is 2. The molecule has 0 aliphatic carbocycles. The number of hydrogen-bond acceptors (Lipinski definition) is 7. The maximum absolute atomic E-state index is 12.3. The molecule has 4 N–H and O–H groups in total. The summed E-state index contributed by atoms with van der Waals surface area (Å²) in [5, 5.41) is 26.9. The van der Waals surface area contributed by atoms with Crippen molar-refractivity contribution in [3.8, 4) is 5.75 Å². The van der Waals surface area contributed by atoms with Gasteiger partial charge in [0.1, 0.15) is 11.4 Å². The third kappa shape index (κ3) is 4.29. The molecule has 0 saturated carbocycles. The first-order valence-corrected chi connectivity index (χ1v) is 9.70. The van der Waals surface area contributed by atoms with Crippen molar-refractivity contribution in [3.05, 3.63) is 80.1 Å². The van der Waals surface area contributed by atoms with Crippen LogP contribution in [0.4, 0.5) is 17.1 Å². The molecular formula is C23H25N3O5. The minimum atomic E-state index is -1.25. The van der Waals surface area contributed by atoms with E-state index in [1.165, 1.54) is 17.0 Å². The van der Waals surface area contributed by atoms with Gasteiger partial charge in [0.25, 0.3) is 16.8 Å². The van der Waals surface area contributed by atoms with Crippen LogP contribution in [0, 0.1) is 0 Å². The summed E-state index contributed by atoms with van der Waals surface area (Å²) in [5.41, 5.74) is -1.87. The summed E-state index contributed by atoms with van der Waals surface area (Å²) in [4.78, 5) is 38.1. The molecule has 3 aromatic carbocycles. The van der Waals surface area contributed by atoms with E-state index in [0.29, 0.717) is 0 Å². The molecule has 3 aromatic rings. The minimum Gasteiger partial charge on any atom is -0.505 e. The van der Waals surface area contributed by atoms with Gasteiger partial charge in [-0.25, -0.2) is 0 Å². The number of amides is 1. The summed E-state index contributed by atoms with van der Waals surface area (Å²) < 4.78 is 0. The van der Waals surface area contributed by atoms with E-state index in [4.69, 9.17) is 0 Å². The fourth-order valence-corrected chi connectivity index (χ4v) is 3.30. The minimum absolute atomic E-state index is 0.00437. The maximum Gasteiger partial charge on any atom is 0.257 e. The first kappa shape index (κ1) is 22.0. The number of anilines is 3. The number of nitrogens with one attached hydrogen (secondary N) is 2. The zero-order chi connectivity index (χ0) is 22.9. The number of aliphatic hydroxyl groups is 1. The van der Waals surface area contributed by atoms with Gasteiger partial charge in [0, 0.05) is 14.1 Å². The van der Waals surface area contributed by atoms with E-state index in [1.54, 1.807) is 46.1 Å². The Morgan fingerprint density at radius 2 is 1.58 bits per heavy atom. The summed E-state index contributed by atoms with van der Waals surface area (Å²) in [5.74, 6) is -0.738. The lowest BCUT2D eigenvalue weighted by Crippen LogP contribution is -2.42. The number of nitrogens with zero attached hydrogens (tertiary/aromatic N) is 1. The van der Waals surface area contributed by atoms with Gasteiger partial charge in [0.15, 0.2) is 5.75 Å². The Bertz CT molecular complexity index is 1170. The fourth-order valence-electron chi connectivity index (χ4n) is 3.30. The molecular weight excluding hydrogens is 398 g/mol. The molecule has 0 unspecified atom stereocenters. The molecule has 0 heterocycles. The summed E-state index contributed by atoms with van der Waals surface area (Å²) in [6.07, 6.45) is 0. The Morgan fingerprint density at radius 3 is 2.16 bits per heavy atom. The average Bonchev–Trinajstić information content (AvgIpc) is 2.73. The topological polar surface area (TPSA) is 119 Å². The Hall–Kier alpha value is -3.65. The number of carbonyl (C=O) groups excluding carboxylic acids is 1. The Balaban J connectivity index is 1.96. The summed E-state index contributed by atoms with van der Waals surface area (Å²) in [6.45, 7) is 3.19. The number of phenols is 1. The molecule has 0 aliphatic rings. The van der Waals surface area contributed by atoms with E-state index in [9.17, 15) is 24.6 Å². The van der Waals surface area contributed by atoms with Crippen molar-refractivity contribution in [2.24, 2.45) is 0 Å². The molecule has 162 valence electrons. The van der Waals surface area contributed by atoms with Gasteiger partial charge in [-0.05, 0) is 31.5 Å². The van der Waals surface area contributed by atoms with Gasteiger partial charge in [-0.3, -0.25) is 14.4 Å². The van der Waals surface area contributed by atoms with Crippen molar-refractivity contribution in [3.63, 3.8) is 0 Å². The molecule has 8 nitrogen and oxygen atoms in total. The largest absolute Gasteiger partial charge is 0.505 e. The van der Waals surface area contributed by atoms with E-state index < -0.39 is 28.4 Å². The van der Waals surface area contributed by atoms with Crippen LogP contribution < -0.4 is 21.5 Å². The number of phenolic OH excluding ortho intramolecular Hbond substituents is 1. The molecule has 0 saturated heterocycles. The molecule has 0 bridgehead atoms. The van der Waals surface area contributed by atoms with Crippen LogP contribution in [0.2, 0.25) is 0 Å². The van der Waals surface area contributed by atoms with Crippen molar-refractivity contribution in [2.45, 2.75) is 25.5 Å². The molecule has 1 atom stereocenters. The quantitative estimate of drug-likeness (QED) is 0.340. The van der Waals surface area contributed by atoms with E-state index in [1.807, 2.05) is 18.2 Å². The van der Waals surface area contributed by atoms with Gasteiger partial charge in [0.05, 0.1) is 22.9 Å². The fraction of sp³-hybridized carbons (Fsp3) is 0.261. The van der Waals surface area contributed by atoms with Crippen LogP contribution in [-0.2, 0) is 0 Å². The Kier molecular flexibility index (Phi) is 5.85. The van der Waals surface area contributed by atoms with Crippen molar-refractivity contribution in [1.82, 2.24) is 4.90 Å². The average molecular weight is 423 g/mol. The predicted octanol–water partition coefficient (Wildman–Crippen LogP) is 2.36.